The third-order valence-electron chi connectivity index (χ3n) is 2.10. The molecular formula is C10H22ISi. The molecule has 0 atom stereocenters. The van der Waals surface area contributed by atoms with Gasteiger partial charge in [-0.3, -0.25) is 0 Å². The van der Waals surface area contributed by atoms with Crippen LogP contribution >= 0.6 is 21.8 Å². The Kier molecular flexibility index (Phi) is 10.8. The van der Waals surface area contributed by atoms with Crippen LogP contribution in [0.1, 0.15) is 52.4 Å². The summed E-state index contributed by atoms with van der Waals surface area (Å²) in [7, 11) is 0. The van der Waals surface area contributed by atoms with Crippen LogP contribution in [0.5, 0.6) is 0 Å². The van der Waals surface area contributed by atoms with E-state index in [1.165, 1.54) is 38.5 Å². The Hall–Kier alpha value is 0.947. The van der Waals surface area contributed by atoms with Crippen LogP contribution in [-0.4, -0.2) is 6.29 Å². The van der Waals surface area contributed by atoms with E-state index in [2.05, 4.69) is 35.6 Å². The van der Waals surface area contributed by atoms with E-state index >= 15 is 0 Å². The standard InChI is InChI=1S/C10H22ISi/c1-3-5-7-9-12(11)10-8-6-4-2/h3-10H2,1-2H3. The number of halogens is 1. The zero-order valence-corrected chi connectivity index (χ0v) is 11.7. The Morgan fingerprint density at radius 3 is 1.58 bits per heavy atom. The van der Waals surface area contributed by atoms with E-state index in [4.69, 9.17) is 0 Å². The first kappa shape index (κ1) is 12.9. The summed E-state index contributed by atoms with van der Waals surface area (Å²) in [5, 5.41) is 0. The van der Waals surface area contributed by atoms with Crippen molar-refractivity contribution < 1.29 is 0 Å². The molecule has 0 saturated carbocycles. The third kappa shape index (κ3) is 9.04. The fraction of sp³-hybridized carbons (Fsp3) is 1.00. The summed E-state index contributed by atoms with van der Waals surface area (Å²) in [6.45, 7) is 4.58. The van der Waals surface area contributed by atoms with Crippen molar-refractivity contribution in [3.63, 3.8) is 0 Å². The van der Waals surface area contributed by atoms with Gasteiger partial charge in [-0.1, -0.05) is 52.4 Å². The van der Waals surface area contributed by atoms with Crippen molar-refractivity contribution in [1.82, 2.24) is 0 Å². The van der Waals surface area contributed by atoms with Crippen molar-refractivity contribution in [2.45, 2.75) is 64.5 Å². The van der Waals surface area contributed by atoms with Gasteiger partial charge < -0.3 is 0 Å². The Balaban J connectivity index is 3.04. The highest BCUT2D eigenvalue weighted by Gasteiger charge is 2.04. The van der Waals surface area contributed by atoms with E-state index in [1.54, 1.807) is 12.1 Å². The van der Waals surface area contributed by atoms with Crippen LogP contribution in [0.2, 0.25) is 12.1 Å². The van der Waals surface area contributed by atoms with Gasteiger partial charge in [-0.2, -0.15) is 0 Å². The Morgan fingerprint density at radius 1 is 0.833 bits per heavy atom. The Labute approximate surface area is 92.3 Å². The third-order valence-corrected chi connectivity index (χ3v) is 7.13. The summed E-state index contributed by atoms with van der Waals surface area (Å²) >= 11 is 2.72. The molecule has 0 bridgehead atoms. The molecule has 0 aromatic rings. The average Bonchev–Trinajstić information content (AvgIpc) is 2.06. The summed E-state index contributed by atoms with van der Waals surface area (Å²) in [5.74, 6) is 0. The fourth-order valence-electron chi connectivity index (χ4n) is 1.26. The smallest absolute Gasteiger partial charge is 0.121 e. The largest absolute Gasteiger partial charge is 0.129 e. The molecule has 0 spiro atoms. The lowest BCUT2D eigenvalue weighted by atomic mass is 10.3. The second-order valence-electron chi connectivity index (χ2n) is 3.43. The van der Waals surface area contributed by atoms with Crippen LogP contribution in [0.25, 0.3) is 0 Å². The van der Waals surface area contributed by atoms with Gasteiger partial charge in [0.25, 0.3) is 0 Å². The van der Waals surface area contributed by atoms with Gasteiger partial charge in [0.05, 0.1) is 0 Å². The number of rotatable bonds is 8. The summed E-state index contributed by atoms with van der Waals surface area (Å²) < 4.78 is 0. The van der Waals surface area contributed by atoms with Crippen molar-refractivity contribution in [2.24, 2.45) is 0 Å². The van der Waals surface area contributed by atoms with Gasteiger partial charge in [-0.25, -0.2) is 0 Å². The maximum atomic E-state index is 2.72. The quantitative estimate of drug-likeness (QED) is 0.261. The Morgan fingerprint density at radius 2 is 1.25 bits per heavy atom. The molecule has 0 saturated heterocycles. The van der Waals surface area contributed by atoms with Gasteiger partial charge >= 0.3 is 0 Å². The first-order valence-electron chi connectivity index (χ1n) is 5.31. The summed E-state index contributed by atoms with van der Waals surface area (Å²) in [6.07, 6.45) is 8.66. The molecule has 0 rings (SSSR count). The van der Waals surface area contributed by atoms with Crippen molar-refractivity contribution >= 4 is 28.1 Å². The van der Waals surface area contributed by atoms with Crippen molar-refractivity contribution in [1.29, 1.82) is 0 Å². The van der Waals surface area contributed by atoms with Gasteiger partial charge in [0.2, 0.25) is 0 Å². The summed E-state index contributed by atoms with van der Waals surface area (Å²) in [4.78, 5) is 0. The summed E-state index contributed by atoms with van der Waals surface area (Å²) in [5.41, 5.74) is 0. The van der Waals surface area contributed by atoms with Crippen molar-refractivity contribution in [3.05, 3.63) is 0 Å². The lowest BCUT2D eigenvalue weighted by Gasteiger charge is -2.05. The van der Waals surface area contributed by atoms with E-state index < -0.39 is 0 Å². The molecule has 0 nitrogen and oxygen atoms in total. The fourth-order valence-corrected chi connectivity index (χ4v) is 5.06. The maximum Gasteiger partial charge on any atom is 0.129 e. The van der Waals surface area contributed by atoms with Gasteiger partial charge in [-0.05, 0) is 12.1 Å². The first-order chi connectivity index (χ1) is 5.81. The predicted molar refractivity (Wildman–Crippen MR) is 68.4 cm³/mol. The molecular weight excluding hydrogens is 275 g/mol. The zero-order valence-electron chi connectivity index (χ0n) is 8.53. The minimum atomic E-state index is 0.0354. The molecule has 0 aromatic heterocycles. The van der Waals surface area contributed by atoms with Crippen LogP contribution in [0.15, 0.2) is 0 Å². The highest BCUT2D eigenvalue weighted by Crippen LogP contribution is 2.16. The minimum absolute atomic E-state index is 0.0354. The molecule has 0 amide bonds. The topological polar surface area (TPSA) is 0 Å². The molecule has 73 valence electrons. The van der Waals surface area contributed by atoms with E-state index in [9.17, 15) is 0 Å². The monoisotopic (exact) mass is 297 g/mol. The highest BCUT2D eigenvalue weighted by atomic mass is 127. The molecule has 0 aromatic carbocycles. The molecule has 0 aliphatic heterocycles. The molecule has 0 aliphatic carbocycles. The van der Waals surface area contributed by atoms with Crippen molar-refractivity contribution in [2.75, 3.05) is 0 Å². The van der Waals surface area contributed by atoms with Crippen LogP contribution in [0.4, 0.5) is 0 Å². The lowest BCUT2D eigenvalue weighted by Crippen LogP contribution is -2.01. The Bertz CT molecular complexity index is 75.9. The number of unbranched alkanes of at least 4 members (excludes halogenated alkanes) is 4. The SMILES string of the molecule is CCCCC[Si](I)CCCCC. The summed E-state index contributed by atoms with van der Waals surface area (Å²) in [6, 6.07) is 3.09. The number of hydrogen-bond donors (Lipinski definition) is 0. The van der Waals surface area contributed by atoms with Crippen LogP contribution in [0.3, 0.4) is 0 Å². The number of hydrogen-bond acceptors (Lipinski definition) is 0. The lowest BCUT2D eigenvalue weighted by molar-refractivity contribution is 0.751. The molecule has 0 heterocycles. The molecule has 12 heavy (non-hydrogen) atoms. The second kappa shape index (κ2) is 10.0. The first-order valence-corrected chi connectivity index (χ1v) is 10.3. The predicted octanol–water partition coefficient (Wildman–Crippen LogP) is 4.79. The molecule has 0 fully saturated rings. The van der Waals surface area contributed by atoms with Gasteiger partial charge in [0.15, 0.2) is 0 Å². The normalized spacial score (nSPS) is 11.0. The second-order valence-corrected chi connectivity index (χ2v) is 10.0. The minimum Gasteiger partial charge on any atom is -0.121 e. The molecule has 2 heteroatoms. The highest BCUT2D eigenvalue weighted by molar-refractivity contribution is 14.1. The van der Waals surface area contributed by atoms with E-state index in [0.29, 0.717) is 0 Å². The van der Waals surface area contributed by atoms with Gasteiger partial charge in [0, 0.05) is 0 Å². The zero-order chi connectivity index (χ0) is 9.23. The van der Waals surface area contributed by atoms with Crippen molar-refractivity contribution in [3.8, 4) is 0 Å². The van der Waals surface area contributed by atoms with Gasteiger partial charge in [0.1, 0.15) is 6.29 Å². The van der Waals surface area contributed by atoms with Crippen LogP contribution in [0, 0.1) is 0 Å². The molecule has 0 unspecified atom stereocenters. The van der Waals surface area contributed by atoms with Gasteiger partial charge in [-0.15, -0.1) is 21.8 Å². The van der Waals surface area contributed by atoms with E-state index in [1.807, 2.05) is 0 Å². The van der Waals surface area contributed by atoms with E-state index in [-0.39, 0.29) is 6.29 Å². The molecule has 1 radical (unpaired) electrons. The molecule has 0 aliphatic rings. The average molecular weight is 297 g/mol. The van der Waals surface area contributed by atoms with Crippen LogP contribution < -0.4 is 0 Å². The molecule has 0 N–H and O–H groups in total. The van der Waals surface area contributed by atoms with Crippen LogP contribution in [-0.2, 0) is 0 Å². The van der Waals surface area contributed by atoms with E-state index in [0.717, 1.165) is 0 Å². The maximum absolute atomic E-state index is 2.72.